The molecule has 0 atom stereocenters. The van der Waals surface area contributed by atoms with Crippen LogP contribution in [-0.4, -0.2) is 28.7 Å². The SMILES string of the molecule is CCNc1nc(SCC(F)F)nc2ccccc12. The van der Waals surface area contributed by atoms with E-state index < -0.39 is 6.43 Å². The number of hydrogen-bond acceptors (Lipinski definition) is 4. The fourth-order valence-electron chi connectivity index (χ4n) is 1.56. The second-order valence-corrected chi connectivity index (χ2v) is 4.59. The maximum absolute atomic E-state index is 12.2. The number of thioether (sulfide) groups is 1. The molecule has 0 aliphatic carbocycles. The average Bonchev–Trinajstić information content (AvgIpc) is 2.37. The number of benzene rings is 1. The predicted octanol–water partition coefficient (Wildman–Crippen LogP) is 3.42. The largest absolute Gasteiger partial charge is 0.370 e. The Bertz CT molecular complexity index is 534. The monoisotopic (exact) mass is 269 g/mol. The Balaban J connectivity index is 2.37. The summed E-state index contributed by atoms with van der Waals surface area (Å²) in [6, 6.07) is 7.53. The van der Waals surface area contributed by atoms with Crippen molar-refractivity contribution in [1.29, 1.82) is 0 Å². The molecule has 0 unspecified atom stereocenters. The quantitative estimate of drug-likeness (QED) is 0.666. The summed E-state index contributed by atoms with van der Waals surface area (Å²) in [5.74, 6) is 0.407. The lowest BCUT2D eigenvalue weighted by Crippen LogP contribution is -2.03. The zero-order valence-corrected chi connectivity index (χ0v) is 10.7. The molecular weight excluding hydrogens is 256 g/mol. The van der Waals surface area contributed by atoms with E-state index in [1.807, 2.05) is 31.2 Å². The van der Waals surface area contributed by atoms with Gasteiger partial charge in [0.25, 0.3) is 0 Å². The first kappa shape index (κ1) is 13.0. The number of rotatable bonds is 5. The second-order valence-electron chi connectivity index (χ2n) is 3.60. The standard InChI is InChI=1S/C12H13F2N3S/c1-2-15-11-8-5-3-4-6-9(8)16-12(17-11)18-7-10(13)14/h3-6,10H,2,7H2,1H3,(H,15,16,17). The van der Waals surface area contributed by atoms with Crippen molar-refractivity contribution >= 4 is 28.5 Å². The number of halogens is 2. The van der Waals surface area contributed by atoms with E-state index in [0.717, 1.165) is 29.2 Å². The van der Waals surface area contributed by atoms with Crippen molar-refractivity contribution in [3.05, 3.63) is 24.3 Å². The van der Waals surface area contributed by atoms with Crippen LogP contribution in [0.15, 0.2) is 29.4 Å². The molecule has 0 saturated carbocycles. The summed E-state index contributed by atoms with van der Waals surface area (Å²) in [7, 11) is 0. The number of fused-ring (bicyclic) bond motifs is 1. The molecule has 1 aromatic heterocycles. The lowest BCUT2D eigenvalue weighted by Gasteiger charge is -2.08. The van der Waals surface area contributed by atoms with Crippen molar-refractivity contribution in [2.45, 2.75) is 18.5 Å². The third-order valence-corrected chi connectivity index (χ3v) is 3.12. The van der Waals surface area contributed by atoms with Crippen LogP contribution in [0.25, 0.3) is 10.9 Å². The number of para-hydroxylation sites is 1. The summed E-state index contributed by atoms with van der Waals surface area (Å²) in [5.41, 5.74) is 0.764. The number of aromatic nitrogens is 2. The molecule has 0 bridgehead atoms. The molecule has 6 heteroatoms. The van der Waals surface area contributed by atoms with Gasteiger partial charge in [-0.1, -0.05) is 23.9 Å². The van der Waals surface area contributed by atoms with Gasteiger partial charge in [0.1, 0.15) is 5.82 Å². The first-order valence-electron chi connectivity index (χ1n) is 5.62. The molecule has 0 saturated heterocycles. The Morgan fingerprint density at radius 2 is 2.06 bits per heavy atom. The van der Waals surface area contributed by atoms with E-state index in [1.165, 1.54) is 0 Å². The fraction of sp³-hybridized carbons (Fsp3) is 0.333. The van der Waals surface area contributed by atoms with Crippen molar-refractivity contribution in [3.8, 4) is 0 Å². The van der Waals surface area contributed by atoms with Crippen molar-refractivity contribution in [1.82, 2.24) is 9.97 Å². The van der Waals surface area contributed by atoms with Gasteiger partial charge in [-0.15, -0.1) is 0 Å². The van der Waals surface area contributed by atoms with Gasteiger partial charge in [-0.05, 0) is 19.1 Å². The highest BCUT2D eigenvalue weighted by atomic mass is 32.2. The third-order valence-electron chi connectivity index (χ3n) is 2.27. The van der Waals surface area contributed by atoms with Gasteiger partial charge < -0.3 is 5.32 Å². The highest BCUT2D eigenvalue weighted by Gasteiger charge is 2.10. The van der Waals surface area contributed by atoms with Crippen molar-refractivity contribution in [2.75, 3.05) is 17.6 Å². The van der Waals surface area contributed by atoms with E-state index in [-0.39, 0.29) is 5.75 Å². The topological polar surface area (TPSA) is 37.8 Å². The molecule has 3 nitrogen and oxygen atoms in total. The van der Waals surface area contributed by atoms with Crippen LogP contribution in [0.2, 0.25) is 0 Å². The van der Waals surface area contributed by atoms with Crippen LogP contribution in [0, 0.1) is 0 Å². The van der Waals surface area contributed by atoms with Crippen LogP contribution in [0.5, 0.6) is 0 Å². The van der Waals surface area contributed by atoms with E-state index in [4.69, 9.17) is 0 Å². The Hall–Kier alpha value is -1.43. The molecule has 0 amide bonds. The van der Waals surface area contributed by atoms with Crippen molar-refractivity contribution < 1.29 is 8.78 Å². The minimum atomic E-state index is -2.35. The molecule has 18 heavy (non-hydrogen) atoms. The number of nitrogens with zero attached hydrogens (tertiary/aromatic N) is 2. The zero-order valence-electron chi connectivity index (χ0n) is 9.86. The lowest BCUT2D eigenvalue weighted by atomic mass is 10.2. The molecule has 96 valence electrons. The molecule has 1 N–H and O–H groups in total. The van der Waals surface area contributed by atoms with Crippen LogP contribution in [0.1, 0.15) is 6.92 Å². The van der Waals surface area contributed by atoms with Gasteiger partial charge in [0.15, 0.2) is 5.16 Å². The van der Waals surface area contributed by atoms with E-state index in [0.29, 0.717) is 11.0 Å². The summed E-state index contributed by atoms with van der Waals surface area (Å²) in [4.78, 5) is 8.54. The Kier molecular flexibility index (Phi) is 4.30. The van der Waals surface area contributed by atoms with E-state index >= 15 is 0 Å². The molecule has 2 rings (SSSR count). The number of alkyl halides is 2. The predicted molar refractivity (Wildman–Crippen MR) is 70.4 cm³/mol. The van der Waals surface area contributed by atoms with Gasteiger partial charge in [-0.2, -0.15) is 0 Å². The lowest BCUT2D eigenvalue weighted by molar-refractivity contribution is 0.176. The first-order valence-corrected chi connectivity index (χ1v) is 6.61. The molecule has 0 fully saturated rings. The molecule has 0 radical (unpaired) electrons. The molecule has 1 aromatic carbocycles. The maximum Gasteiger partial charge on any atom is 0.248 e. The first-order chi connectivity index (χ1) is 8.70. The molecule has 1 heterocycles. The molecule has 0 aliphatic rings. The molecule has 0 aliphatic heterocycles. The normalized spacial score (nSPS) is 11.1. The van der Waals surface area contributed by atoms with Crippen molar-refractivity contribution in [2.24, 2.45) is 0 Å². The fourth-order valence-corrected chi connectivity index (χ4v) is 2.15. The van der Waals surface area contributed by atoms with E-state index in [9.17, 15) is 8.78 Å². The van der Waals surface area contributed by atoms with Crippen LogP contribution >= 0.6 is 11.8 Å². The minimum absolute atomic E-state index is 0.288. The summed E-state index contributed by atoms with van der Waals surface area (Å²) >= 11 is 0.971. The van der Waals surface area contributed by atoms with Crippen LogP contribution in [0.3, 0.4) is 0 Å². The zero-order chi connectivity index (χ0) is 13.0. The maximum atomic E-state index is 12.2. The minimum Gasteiger partial charge on any atom is -0.370 e. The summed E-state index contributed by atoms with van der Waals surface area (Å²) in [6.45, 7) is 2.68. The summed E-state index contributed by atoms with van der Waals surface area (Å²) < 4.78 is 24.4. The van der Waals surface area contributed by atoms with Gasteiger partial charge in [0.2, 0.25) is 6.43 Å². The number of hydrogen-bond donors (Lipinski definition) is 1. The van der Waals surface area contributed by atoms with E-state index in [2.05, 4.69) is 15.3 Å². The van der Waals surface area contributed by atoms with Gasteiger partial charge >= 0.3 is 0 Å². The third kappa shape index (κ3) is 3.07. The van der Waals surface area contributed by atoms with Gasteiger partial charge in [-0.25, -0.2) is 18.7 Å². The highest BCUT2D eigenvalue weighted by Crippen LogP contribution is 2.24. The summed E-state index contributed by atoms with van der Waals surface area (Å²) in [5, 5.41) is 4.41. The molecule has 0 spiro atoms. The average molecular weight is 269 g/mol. The molecular formula is C12H13F2N3S. The Labute approximate surface area is 108 Å². The molecule has 2 aromatic rings. The van der Waals surface area contributed by atoms with Crippen LogP contribution in [0.4, 0.5) is 14.6 Å². The smallest absolute Gasteiger partial charge is 0.248 e. The Morgan fingerprint density at radius 1 is 1.28 bits per heavy atom. The summed E-state index contributed by atoms with van der Waals surface area (Å²) in [6.07, 6.45) is -2.35. The van der Waals surface area contributed by atoms with Gasteiger partial charge in [0, 0.05) is 11.9 Å². The van der Waals surface area contributed by atoms with Gasteiger partial charge in [0.05, 0.1) is 11.3 Å². The highest BCUT2D eigenvalue weighted by molar-refractivity contribution is 7.99. The van der Waals surface area contributed by atoms with E-state index in [1.54, 1.807) is 0 Å². The van der Waals surface area contributed by atoms with Crippen molar-refractivity contribution in [3.63, 3.8) is 0 Å². The van der Waals surface area contributed by atoms with Gasteiger partial charge in [-0.3, -0.25) is 0 Å². The number of nitrogens with one attached hydrogen (secondary N) is 1. The Morgan fingerprint density at radius 3 is 2.78 bits per heavy atom. The number of anilines is 1. The van der Waals surface area contributed by atoms with Crippen LogP contribution < -0.4 is 5.32 Å². The van der Waals surface area contributed by atoms with Crippen LogP contribution in [-0.2, 0) is 0 Å². The second kappa shape index (κ2) is 5.95.